The zero-order valence-corrected chi connectivity index (χ0v) is 26.8. The number of amides is 2. The minimum Gasteiger partial charge on any atom is -0.494 e. The normalized spacial score (nSPS) is 12.1. The van der Waals surface area contributed by atoms with Gasteiger partial charge in [-0.05, 0) is 80.1 Å². The van der Waals surface area contributed by atoms with Crippen LogP contribution in [0.3, 0.4) is 0 Å². The molecule has 6 aromatic rings. The number of anilines is 1. The number of ether oxygens (including phenoxy) is 1. The van der Waals surface area contributed by atoms with E-state index in [1.54, 1.807) is 41.0 Å². The van der Waals surface area contributed by atoms with Gasteiger partial charge in [-0.3, -0.25) is 19.0 Å². The Hall–Kier alpha value is -5.60. The van der Waals surface area contributed by atoms with Crippen molar-refractivity contribution in [3.05, 3.63) is 144 Å². The van der Waals surface area contributed by atoms with Gasteiger partial charge in [0.2, 0.25) is 5.91 Å². The summed E-state index contributed by atoms with van der Waals surface area (Å²) >= 11 is 1.41. The predicted octanol–water partition coefficient (Wildman–Crippen LogP) is 8.42. The van der Waals surface area contributed by atoms with E-state index in [2.05, 4.69) is 10.6 Å². The lowest BCUT2D eigenvalue weighted by Crippen LogP contribution is -2.30. The van der Waals surface area contributed by atoms with Gasteiger partial charge in [0.05, 0.1) is 22.9 Å². The molecule has 6 rings (SSSR count). The van der Waals surface area contributed by atoms with Crippen molar-refractivity contribution in [1.29, 1.82) is 0 Å². The van der Waals surface area contributed by atoms with Crippen LogP contribution in [0, 0.1) is 0 Å². The Morgan fingerprint density at radius 3 is 2.09 bits per heavy atom. The van der Waals surface area contributed by atoms with Crippen LogP contribution in [0.1, 0.15) is 34.6 Å². The molecule has 0 bridgehead atoms. The number of carbonyl (C=O) groups excluding carboxylic acids is 3. The monoisotopic (exact) mass is 639 g/mol. The minimum atomic E-state index is -0.486. The van der Waals surface area contributed by atoms with E-state index >= 15 is 0 Å². The van der Waals surface area contributed by atoms with Gasteiger partial charge in [-0.1, -0.05) is 72.8 Å². The zero-order chi connectivity index (χ0) is 32.8. The van der Waals surface area contributed by atoms with Crippen LogP contribution in [0.25, 0.3) is 27.9 Å². The SMILES string of the molecule is CCOc1ccc(/C=C(/NC(=O)c2ccccc2)C(=O)Nc2cccc(SC(C)C(=O)n3c4ccccc4c4ccccc43)c2)cc1. The third-order valence-electron chi connectivity index (χ3n) is 7.58. The summed E-state index contributed by atoms with van der Waals surface area (Å²) in [4.78, 5) is 41.3. The molecule has 0 aliphatic rings. The van der Waals surface area contributed by atoms with Crippen LogP contribution >= 0.6 is 11.8 Å². The molecule has 1 aromatic heterocycles. The van der Waals surface area contributed by atoms with E-state index in [0.29, 0.717) is 29.2 Å². The number of benzene rings is 5. The Morgan fingerprint density at radius 2 is 1.43 bits per heavy atom. The molecule has 0 fully saturated rings. The van der Waals surface area contributed by atoms with Gasteiger partial charge < -0.3 is 15.4 Å². The molecule has 8 heteroatoms. The number of hydrogen-bond donors (Lipinski definition) is 2. The molecule has 0 saturated carbocycles. The van der Waals surface area contributed by atoms with Crippen molar-refractivity contribution in [3.63, 3.8) is 0 Å². The van der Waals surface area contributed by atoms with E-state index in [-0.39, 0.29) is 11.6 Å². The molecule has 1 atom stereocenters. The summed E-state index contributed by atoms with van der Waals surface area (Å²) in [5.74, 6) is -0.213. The molecule has 0 aliphatic carbocycles. The number of fused-ring (bicyclic) bond motifs is 3. The van der Waals surface area contributed by atoms with Crippen LogP contribution in [0.2, 0.25) is 0 Å². The molecular formula is C39H33N3O4S. The number of nitrogens with one attached hydrogen (secondary N) is 2. The summed E-state index contributed by atoms with van der Waals surface area (Å²) in [6, 6.07) is 39.2. The first-order valence-electron chi connectivity index (χ1n) is 15.3. The lowest BCUT2D eigenvalue weighted by atomic mass is 10.1. The highest BCUT2D eigenvalue weighted by molar-refractivity contribution is 8.00. The lowest BCUT2D eigenvalue weighted by molar-refractivity contribution is -0.113. The van der Waals surface area contributed by atoms with E-state index in [9.17, 15) is 14.4 Å². The van der Waals surface area contributed by atoms with Gasteiger partial charge in [-0.25, -0.2) is 0 Å². The molecule has 0 radical (unpaired) electrons. The Balaban J connectivity index is 1.22. The zero-order valence-electron chi connectivity index (χ0n) is 26.0. The Labute approximate surface area is 277 Å². The topological polar surface area (TPSA) is 89.4 Å². The maximum atomic E-state index is 13.9. The first-order valence-corrected chi connectivity index (χ1v) is 16.2. The van der Waals surface area contributed by atoms with E-state index in [0.717, 1.165) is 26.7 Å². The predicted molar refractivity (Wildman–Crippen MR) is 190 cm³/mol. The number of aromatic nitrogens is 1. The van der Waals surface area contributed by atoms with Crippen molar-refractivity contribution in [1.82, 2.24) is 9.88 Å². The van der Waals surface area contributed by atoms with E-state index in [1.165, 1.54) is 11.8 Å². The smallest absolute Gasteiger partial charge is 0.272 e. The maximum Gasteiger partial charge on any atom is 0.272 e. The first kappa shape index (κ1) is 31.4. The van der Waals surface area contributed by atoms with Crippen LogP contribution in [0.5, 0.6) is 5.75 Å². The third kappa shape index (κ3) is 7.13. The molecule has 47 heavy (non-hydrogen) atoms. The summed E-state index contributed by atoms with van der Waals surface area (Å²) in [5.41, 5.74) is 3.50. The summed E-state index contributed by atoms with van der Waals surface area (Å²) in [5, 5.41) is 7.35. The quantitative estimate of drug-likeness (QED) is 0.116. The fourth-order valence-electron chi connectivity index (χ4n) is 5.38. The highest BCUT2D eigenvalue weighted by atomic mass is 32.2. The molecule has 0 aliphatic heterocycles. The fraction of sp³-hybridized carbons (Fsp3) is 0.103. The van der Waals surface area contributed by atoms with Crippen LogP contribution in [-0.4, -0.2) is 34.1 Å². The lowest BCUT2D eigenvalue weighted by Gasteiger charge is -2.15. The number of hydrogen-bond acceptors (Lipinski definition) is 5. The second-order valence-corrected chi connectivity index (χ2v) is 12.2. The minimum absolute atomic E-state index is 0.0361. The van der Waals surface area contributed by atoms with Crippen molar-refractivity contribution in [3.8, 4) is 5.75 Å². The van der Waals surface area contributed by atoms with Crippen molar-refractivity contribution < 1.29 is 19.1 Å². The van der Waals surface area contributed by atoms with Crippen LogP contribution < -0.4 is 15.4 Å². The van der Waals surface area contributed by atoms with Crippen molar-refractivity contribution in [2.24, 2.45) is 0 Å². The van der Waals surface area contributed by atoms with Crippen molar-refractivity contribution in [2.75, 3.05) is 11.9 Å². The average molecular weight is 640 g/mol. The largest absolute Gasteiger partial charge is 0.494 e. The van der Waals surface area contributed by atoms with E-state index in [4.69, 9.17) is 4.74 Å². The van der Waals surface area contributed by atoms with Gasteiger partial charge in [0, 0.05) is 26.9 Å². The second-order valence-electron chi connectivity index (χ2n) is 10.8. The molecule has 1 unspecified atom stereocenters. The molecule has 7 nitrogen and oxygen atoms in total. The summed E-state index contributed by atoms with van der Waals surface area (Å²) < 4.78 is 7.33. The number of carbonyl (C=O) groups is 3. The van der Waals surface area contributed by atoms with Gasteiger partial charge in [0.15, 0.2) is 0 Å². The first-order chi connectivity index (χ1) is 22.9. The average Bonchev–Trinajstić information content (AvgIpc) is 3.43. The molecule has 0 spiro atoms. The van der Waals surface area contributed by atoms with E-state index < -0.39 is 17.1 Å². The standard InChI is InChI=1S/C39H33N3O4S/c1-3-46-30-22-20-27(21-23-30)24-34(41-37(43)28-12-5-4-6-13-28)38(44)40-29-14-11-15-31(25-29)47-26(2)39(45)42-35-18-9-7-16-32(35)33-17-8-10-19-36(33)42/h4-26H,3H2,1-2H3,(H,40,44)(H,41,43)/b34-24+. The molecule has 5 aromatic carbocycles. The van der Waals surface area contributed by atoms with Gasteiger partial charge in [-0.15, -0.1) is 11.8 Å². The Morgan fingerprint density at radius 1 is 0.787 bits per heavy atom. The van der Waals surface area contributed by atoms with Crippen LogP contribution in [-0.2, 0) is 4.79 Å². The highest BCUT2D eigenvalue weighted by Crippen LogP contribution is 2.32. The third-order valence-corrected chi connectivity index (χ3v) is 8.67. The summed E-state index contributed by atoms with van der Waals surface area (Å²) in [6.07, 6.45) is 1.62. The van der Waals surface area contributed by atoms with Gasteiger partial charge in [0.1, 0.15) is 11.4 Å². The fourth-order valence-corrected chi connectivity index (χ4v) is 6.34. The highest BCUT2D eigenvalue weighted by Gasteiger charge is 2.22. The number of thioether (sulfide) groups is 1. The van der Waals surface area contributed by atoms with Crippen LogP contribution in [0.4, 0.5) is 5.69 Å². The molecule has 2 amide bonds. The number of nitrogens with zero attached hydrogens (tertiary/aromatic N) is 1. The maximum absolute atomic E-state index is 13.9. The second kappa shape index (κ2) is 14.2. The number of para-hydroxylation sites is 2. The number of rotatable bonds is 10. The Kier molecular flexibility index (Phi) is 9.50. The molecule has 234 valence electrons. The molecule has 2 N–H and O–H groups in total. The Bertz CT molecular complexity index is 2050. The van der Waals surface area contributed by atoms with Crippen LogP contribution in [0.15, 0.2) is 138 Å². The van der Waals surface area contributed by atoms with E-state index in [1.807, 2.05) is 111 Å². The van der Waals surface area contributed by atoms with Gasteiger partial charge in [-0.2, -0.15) is 0 Å². The molecule has 0 saturated heterocycles. The van der Waals surface area contributed by atoms with Crippen molar-refractivity contribution in [2.45, 2.75) is 24.0 Å². The summed E-state index contributed by atoms with van der Waals surface area (Å²) in [6.45, 7) is 4.34. The van der Waals surface area contributed by atoms with Gasteiger partial charge in [0.25, 0.3) is 11.8 Å². The van der Waals surface area contributed by atoms with Gasteiger partial charge >= 0.3 is 0 Å². The molecule has 1 heterocycles. The van der Waals surface area contributed by atoms with Crippen molar-refractivity contribution >= 4 is 63.1 Å². The molecular weight excluding hydrogens is 607 g/mol. The summed E-state index contributed by atoms with van der Waals surface area (Å²) in [7, 11) is 0.